The quantitative estimate of drug-likeness (QED) is 0.394. The number of aliphatic imine (C=N–C) groups is 2. The van der Waals surface area contributed by atoms with E-state index < -0.39 is 0 Å². The summed E-state index contributed by atoms with van der Waals surface area (Å²) in [6.45, 7) is 10.9. The lowest BCUT2D eigenvalue weighted by Crippen LogP contribution is -2.29. The van der Waals surface area contributed by atoms with E-state index in [1.54, 1.807) is 0 Å². The molecular weight excluding hydrogens is 378 g/mol. The molecule has 0 aromatic heterocycles. The second kappa shape index (κ2) is 9.40. The summed E-state index contributed by atoms with van der Waals surface area (Å²) in [5.74, 6) is 0. The molecule has 3 heteroatoms. The molecule has 0 fully saturated rings. The molecule has 0 bridgehead atoms. The minimum absolute atomic E-state index is 0.674. The summed E-state index contributed by atoms with van der Waals surface area (Å²) in [7, 11) is 0. The molecule has 154 valence electrons. The van der Waals surface area contributed by atoms with Crippen LogP contribution in [0.3, 0.4) is 0 Å². The fourth-order valence-corrected chi connectivity index (χ4v) is 3.83. The SMILES string of the molecule is C=N/C(=C\C1=CC=CC1)C(=C)N1C=C(c2ccccc2C)N=C(Cc2ccccc2)C1. The van der Waals surface area contributed by atoms with Crippen LogP contribution in [0.4, 0.5) is 0 Å². The van der Waals surface area contributed by atoms with Crippen LogP contribution in [-0.2, 0) is 6.42 Å². The van der Waals surface area contributed by atoms with Crippen molar-refractivity contribution >= 4 is 18.1 Å². The standard InChI is InChI=1S/C28H27N3/c1-21-11-7-10-16-26(21)28-20-31(19-25(30-28)17-23-12-5-4-6-13-23)22(2)27(29-3)18-24-14-8-9-15-24/h4-14,16,18,20H,2-3,15,17,19H2,1H3/b27-18-. The van der Waals surface area contributed by atoms with E-state index in [0.717, 1.165) is 41.2 Å². The zero-order chi connectivity index (χ0) is 21.6. The van der Waals surface area contributed by atoms with Crippen molar-refractivity contribution < 1.29 is 0 Å². The summed E-state index contributed by atoms with van der Waals surface area (Å²) in [5, 5.41) is 0. The van der Waals surface area contributed by atoms with E-state index in [4.69, 9.17) is 4.99 Å². The first-order valence-corrected chi connectivity index (χ1v) is 10.5. The largest absolute Gasteiger partial charge is 0.339 e. The molecular formula is C28H27N3. The molecule has 0 unspecified atom stereocenters. The number of rotatable bonds is 7. The van der Waals surface area contributed by atoms with E-state index in [1.165, 1.54) is 16.7 Å². The van der Waals surface area contributed by atoms with Crippen molar-refractivity contribution in [2.45, 2.75) is 19.8 Å². The lowest BCUT2D eigenvalue weighted by Gasteiger charge is -2.29. The third kappa shape index (κ3) is 4.89. The van der Waals surface area contributed by atoms with E-state index in [0.29, 0.717) is 6.54 Å². The smallest absolute Gasteiger partial charge is 0.0867 e. The topological polar surface area (TPSA) is 28.0 Å². The van der Waals surface area contributed by atoms with Crippen molar-refractivity contribution in [3.63, 3.8) is 0 Å². The minimum Gasteiger partial charge on any atom is -0.339 e. The first kappa shape index (κ1) is 20.5. The Balaban J connectivity index is 1.68. The van der Waals surface area contributed by atoms with Crippen molar-refractivity contribution in [1.82, 2.24) is 4.90 Å². The lowest BCUT2D eigenvalue weighted by atomic mass is 10.0. The maximum Gasteiger partial charge on any atom is 0.0867 e. The predicted octanol–water partition coefficient (Wildman–Crippen LogP) is 6.28. The van der Waals surface area contributed by atoms with Crippen LogP contribution < -0.4 is 0 Å². The molecule has 0 radical (unpaired) electrons. The van der Waals surface area contributed by atoms with Crippen LogP contribution in [0.1, 0.15) is 23.1 Å². The Morgan fingerprint density at radius 2 is 1.90 bits per heavy atom. The fourth-order valence-electron chi connectivity index (χ4n) is 3.83. The number of hydrogen-bond donors (Lipinski definition) is 0. The first-order valence-electron chi connectivity index (χ1n) is 10.5. The van der Waals surface area contributed by atoms with Gasteiger partial charge in [0.25, 0.3) is 0 Å². The highest BCUT2D eigenvalue weighted by atomic mass is 15.2. The summed E-state index contributed by atoms with van der Waals surface area (Å²) in [5.41, 5.74) is 8.44. The van der Waals surface area contributed by atoms with Gasteiger partial charge in [0.1, 0.15) is 0 Å². The van der Waals surface area contributed by atoms with Crippen molar-refractivity contribution in [3.05, 3.63) is 125 Å². The molecule has 0 N–H and O–H groups in total. The van der Waals surface area contributed by atoms with Crippen LogP contribution in [0, 0.1) is 6.92 Å². The van der Waals surface area contributed by atoms with Crippen molar-refractivity contribution in [2.24, 2.45) is 9.98 Å². The molecule has 0 saturated carbocycles. The van der Waals surface area contributed by atoms with Gasteiger partial charge in [-0.05, 0) is 42.8 Å². The molecule has 1 heterocycles. The predicted molar refractivity (Wildman–Crippen MR) is 132 cm³/mol. The second-order valence-corrected chi connectivity index (χ2v) is 7.81. The summed E-state index contributed by atoms with van der Waals surface area (Å²) < 4.78 is 0. The number of benzene rings is 2. The maximum atomic E-state index is 5.04. The Hall–Kier alpha value is -3.72. The number of allylic oxidation sites excluding steroid dienone is 5. The van der Waals surface area contributed by atoms with Gasteiger partial charge in [-0.3, -0.25) is 9.98 Å². The van der Waals surface area contributed by atoms with Crippen LogP contribution in [0.25, 0.3) is 5.70 Å². The first-order chi connectivity index (χ1) is 15.1. The van der Waals surface area contributed by atoms with Gasteiger partial charge in [0, 0.05) is 23.9 Å². The average Bonchev–Trinajstić information content (AvgIpc) is 3.31. The third-order valence-electron chi connectivity index (χ3n) is 5.52. The zero-order valence-electron chi connectivity index (χ0n) is 18.0. The van der Waals surface area contributed by atoms with Gasteiger partial charge in [0.15, 0.2) is 0 Å². The normalized spacial score (nSPS) is 16.0. The monoisotopic (exact) mass is 405 g/mol. The lowest BCUT2D eigenvalue weighted by molar-refractivity contribution is 0.533. The highest BCUT2D eigenvalue weighted by molar-refractivity contribution is 5.95. The van der Waals surface area contributed by atoms with Gasteiger partial charge >= 0.3 is 0 Å². The van der Waals surface area contributed by atoms with Gasteiger partial charge in [0.05, 0.1) is 23.6 Å². The Bertz CT molecular complexity index is 1140. The molecule has 31 heavy (non-hydrogen) atoms. The molecule has 2 aromatic carbocycles. The molecule has 3 nitrogen and oxygen atoms in total. The molecule has 0 spiro atoms. The van der Waals surface area contributed by atoms with E-state index in [9.17, 15) is 0 Å². The van der Waals surface area contributed by atoms with E-state index in [2.05, 4.69) is 109 Å². The third-order valence-corrected chi connectivity index (χ3v) is 5.52. The Kier molecular flexibility index (Phi) is 6.23. The molecule has 0 amide bonds. The van der Waals surface area contributed by atoms with Gasteiger partial charge < -0.3 is 4.90 Å². The fraction of sp³-hybridized carbons (Fsp3) is 0.143. The Morgan fingerprint density at radius 1 is 1.13 bits per heavy atom. The molecule has 0 atom stereocenters. The molecule has 2 aliphatic rings. The Morgan fingerprint density at radius 3 is 2.61 bits per heavy atom. The van der Waals surface area contributed by atoms with Gasteiger partial charge in [-0.15, -0.1) is 0 Å². The summed E-state index contributed by atoms with van der Waals surface area (Å²) in [4.78, 5) is 11.5. The van der Waals surface area contributed by atoms with Crippen LogP contribution in [-0.4, -0.2) is 23.9 Å². The van der Waals surface area contributed by atoms with Crippen LogP contribution >= 0.6 is 0 Å². The van der Waals surface area contributed by atoms with Crippen molar-refractivity contribution in [3.8, 4) is 0 Å². The maximum absolute atomic E-state index is 5.04. The van der Waals surface area contributed by atoms with Crippen molar-refractivity contribution in [2.75, 3.05) is 6.54 Å². The van der Waals surface area contributed by atoms with Crippen LogP contribution in [0.5, 0.6) is 0 Å². The van der Waals surface area contributed by atoms with Crippen LogP contribution in [0.15, 0.2) is 119 Å². The Labute approximate surface area is 184 Å². The minimum atomic E-state index is 0.674. The second-order valence-electron chi connectivity index (χ2n) is 7.81. The molecule has 4 rings (SSSR count). The molecule has 1 aliphatic heterocycles. The van der Waals surface area contributed by atoms with Gasteiger partial charge in [0.2, 0.25) is 0 Å². The average molecular weight is 406 g/mol. The van der Waals surface area contributed by atoms with Crippen molar-refractivity contribution in [1.29, 1.82) is 0 Å². The summed E-state index contributed by atoms with van der Waals surface area (Å²) in [6.07, 6.45) is 12.2. The number of hydrogen-bond acceptors (Lipinski definition) is 3. The summed E-state index contributed by atoms with van der Waals surface area (Å²) in [6, 6.07) is 18.8. The molecule has 0 saturated heterocycles. The van der Waals surface area contributed by atoms with E-state index >= 15 is 0 Å². The van der Waals surface area contributed by atoms with Gasteiger partial charge in [-0.25, -0.2) is 0 Å². The van der Waals surface area contributed by atoms with E-state index in [1.807, 2.05) is 6.07 Å². The van der Waals surface area contributed by atoms with Gasteiger partial charge in [-0.1, -0.05) is 79.4 Å². The van der Waals surface area contributed by atoms with Crippen LogP contribution in [0.2, 0.25) is 0 Å². The number of nitrogens with zero attached hydrogens (tertiary/aromatic N) is 3. The zero-order valence-corrected chi connectivity index (χ0v) is 18.0. The highest BCUT2D eigenvalue weighted by Gasteiger charge is 2.20. The summed E-state index contributed by atoms with van der Waals surface area (Å²) >= 11 is 0. The van der Waals surface area contributed by atoms with Gasteiger partial charge in [-0.2, -0.15) is 0 Å². The number of aryl methyl sites for hydroxylation is 1. The highest BCUT2D eigenvalue weighted by Crippen LogP contribution is 2.28. The molecule has 2 aromatic rings. The molecule has 1 aliphatic carbocycles. The van der Waals surface area contributed by atoms with E-state index in [-0.39, 0.29) is 0 Å².